The molecule has 0 saturated carbocycles. The van der Waals surface area contributed by atoms with Gasteiger partial charge in [-0.25, -0.2) is 8.42 Å². The molecule has 3 aromatic carbocycles. The minimum atomic E-state index is -3.81. The number of hydrogen-bond donors (Lipinski definition) is 1. The molecule has 3 aromatic rings. The van der Waals surface area contributed by atoms with Gasteiger partial charge < -0.3 is 10.2 Å². The van der Waals surface area contributed by atoms with Crippen molar-refractivity contribution in [3.63, 3.8) is 0 Å². The van der Waals surface area contributed by atoms with Crippen LogP contribution in [0.5, 0.6) is 0 Å². The van der Waals surface area contributed by atoms with E-state index in [0.29, 0.717) is 17.3 Å². The molecular formula is C30H36ClN3O4S. The molecule has 0 saturated heterocycles. The number of hydrogen-bond acceptors (Lipinski definition) is 4. The summed E-state index contributed by atoms with van der Waals surface area (Å²) >= 11 is 6.24. The van der Waals surface area contributed by atoms with Crippen molar-refractivity contribution in [1.29, 1.82) is 0 Å². The van der Waals surface area contributed by atoms with Crippen molar-refractivity contribution < 1.29 is 18.0 Å². The van der Waals surface area contributed by atoms with Crippen LogP contribution in [0.2, 0.25) is 5.02 Å². The lowest BCUT2D eigenvalue weighted by atomic mass is 10.0. The van der Waals surface area contributed by atoms with E-state index in [1.165, 1.54) is 4.90 Å². The molecule has 9 heteroatoms. The Labute approximate surface area is 236 Å². The summed E-state index contributed by atoms with van der Waals surface area (Å²) in [5.41, 5.74) is 2.76. The Morgan fingerprint density at radius 2 is 1.62 bits per heavy atom. The van der Waals surface area contributed by atoms with Gasteiger partial charge in [0.25, 0.3) is 0 Å². The van der Waals surface area contributed by atoms with Gasteiger partial charge in [0.05, 0.1) is 11.9 Å². The van der Waals surface area contributed by atoms with Crippen molar-refractivity contribution in [2.24, 2.45) is 0 Å². The molecule has 0 fully saturated rings. The highest BCUT2D eigenvalue weighted by Gasteiger charge is 2.33. The van der Waals surface area contributed by atoms with Gasteiger partial charge in [-0.2, -0.15) is 0 Å². The van der Waals surface area contributed by atoms with E-state index in [2.05, 4.69) is 5.32 Å². The Morgan fingerprint density at radius 1 is 0.949 bits per heavy atom. The fourth-order valence-electron chi connectivity index (χ4n) is 4.33. The molecule has 39 heavy (non-hydrogen) atoms. The fraction of sp³-hybridized carbons (Fsp3) is 0.333. The summed E-state index contributed by atoms with van der Waals surface area (Å²) in [5, 5.41) is 3.47. The first-order chi connectivity index (χ1) is 18.6. The highest BCUT2D eigenvalue weighted by atomic mass is 35.5. The second-order valence-corrected chi connectivity index (χ2v) is 11.9. The summed E-state index contributed by atoms with van der Waals surface area (Å²) in [6.07, 6.45) is 3.07. The van der Waals surface area contributed by atoms with Crippen LogP contribution >= 0.6 is 11.6 Å². The lowest BCUT2D eigenvalue weighted by molar-refractivity contribution is -0.140. The molecule has 0 bridgehead atoms. The zero-order valence-electron chi connectivity index (χ0n) is 22.6. The van der Waals surface area contributed by atoms with Gasteiger partial charge in [-0.3, -0.25) is 13.9 Å². The standard InChI is InChI=1S/C30H36ClN3O4S/c1-4-5-18-32-30(36)28(20-24-13-7-6-8-14-24)33(21-25-15-11-16-26(31)19-25)29(35)22-34(39(3,37)38)27-17-10-9-12-23(27)2/h6-17,19,28H,4-5,18,20-22H2,1-3H3,(H,32,36). The maximum Gasteiger partial charge on any atom is 0.244 e. The molecule has 0 aromatic heterocycles. The highest BCUT2D eigenvalue weighted by Crippen LogP contribution is 2.24. The minimum Gasteiger partial charge on any atom is -0.354 e. The lowest BCUT2D eigenvalue weighted by Gasteiger charge is -2.33. The largest absolute Gasteiger partial charge is 0.354 e. The Bertz CT molecular complexity index is 1370. The number of rotatable bonds is 13. The molecule has 0 aliphatic heterocycles. The van der Waals surface area contributed by atoms with Gasteiger partial charge in [-0.05, 0) is 48.2 Å². The second-order valence-electron chi connectivity index (χ2n) is 9.56. The number of benzene rings is 3. The number of carbonyl (C=O) groups excluding carboxylic acids is 2. The molecule has 2 amide bonds. The number of nitrogens with zero attached hydrogens (tertiary/aromatic N) is 2. The van der Waals surface area contributed by atoms with E-state index in [0.717, 1.165) is 40.1 Å². The normalized spacial score (nSPS) is 12.0. The maximum absolute atomic E-state index is 14.0. The van der Waals surface area contributed by atoms with Crippen molar-refractivity contribution in [3.8, 4) is 0 Å². The second kappa shape index (κ2) is 14.1. The van der Waals surface area contributed by atoms with Crippen LogP contribution in [0.3, 0.4) is 0 Å². The van der Waals surface area contributed by atoms with Crippen molar-refractivity contribution in [1.82, 2.24) is 10.2 Å². The summed E-state index contributed by atoms with van der Waals surface area (Å²) in [4.78, 5) is 29.1. The van der Waals surface area contributed by atoms with Crippen LogP contribution in [0.15, 0.2) is 78.9 Å². The number of unbranched alkanes of at least 4 members (excludes halogenated alkanes) is 1. The van der Waals surface area contributed by atoms with Gasteiger partial charge in [-0.1, -0.05) is 85.6 Å². The first-order valence-electron chi connectivity index (χ1n) is 13.0. The van der Waals surface area contributed by atoms with Crippen LogP contribution in [-0.2, 0) is 32.6 Å². The van der Waals surface area contributed by atoms with E-state index >= 15 is 0 Å². The summed E-state index contributed by atoms with van der Waals surface area (Å²) < 4.78 is 26.8. The van der Waals surface area contributed by atoms with Gasteiger partial charge in [-0.15, -0.1) is 0 Å². The Hall–Kier alpha value is -3.36. The molecule has 0 heterocycles. The molecule has 1 N–H and O–H groups in total. The summed E-state index contributed by atoms with van der Waals surface area (Å²) in [6, 6.07) is 22.7. The van der Waals surface area contributed by atoms with Gasteiger partial charge in [0.2, 0.25) is 21.8 Å². The van der Waals surface area contributed by atoms with Crippen molar-refractivity contribution in [2.75, 3.05) is 23.7 Å². The van der Waals surface area contributed by atoms with Gasteiger partial charge in [0.15, 0.2) is 0 Å². The third kappa shape index (κ3) is 8.83. The monoisotopic (exact) mass is 569 g/mol. The van der Waals surface area contributed by atoms with E-state index in [9.17, 15) is 18.0 Å². The quantitative estimate of drug-likeness (QED) is 0.294. The number of amides is 2. The number of aryl methyl sites for hydroxylation is 1. The number of nitrogens with one attached hydrogen (secondary N) is 1. The molecule has 0 aliphatic rings. The van der Waals surface area contributed by atoms with E-state index in [-0.39, 0.29) is 18.9 Å². The van der Waals surface area contributed by atoms with Crippen LogP contribution in [0.1, 0.15) is 36.5 Å². The maximum atomic E-state index is 14.0. The average molecular weight is 570 g/mol. The zero-order chi connectivity index (χ0) is 28.4. The predicted molar refractivity (Wildman–Crippen MR) is 157 cm³/mol. The van der Waals surface area contributed by atoms with E-state index < -0.39 is 28.5 Å². The average Bonchev–Trinajstić information content (AvgIpc) is 2.90. The Balaban J connectivity index is 2.04. The topological polar surface area (TPSA) is 86.8 Å². The van der Waals surface area contributed by atoms with E-state index in [4.69, 9.17) is 11.6 Å². The molecule has 3 rings (SSSR count). The highest BCUT2D eigenvalue weighted by molar-refractivity contribution is 7.92. The first-order valence-corrected chi connectivity index (χ1v) is 15.2. The predicted octanol–water partition coefficient (Wildman–Crippen LogP) is 4.97. The number of halogens is 1. The third-order valence-corrected chi connectivity index (χ3v) is 7.77. The number of carbonyl (C=O) groups is 2. The van der Waals surface area contributed by atoms with Crippen molar-refractivity contribution in [2.45, 2.75) is 45.7 Å². The number of para-hydroxylation sites is 1. The number of sulfonamides is 1. The summed E-state index contributed by atoms with van der Waals surface area (Å²) in [7, 11) is -3.81. The Kier molecular flexibility index (Phi) is 10.9. The Morgan fingerprint density at radius 3 is 2.26 bits per heavy atom. The molecular weight excluding hydrogens is 534 g/mol. The molecule has 208 valence electrons. The zero-order valence-corrected chi connectivity index (χ0v) is 24.2. The van der Waals surface area contributed by atoms with Crippen LogP contribution in [0.25, 0.3) is 0 Å². The molecule has 0 spiro atoms. The molecule has 0 aliphatic carbocycles. The van der Waals surface area contributed by atoms with Gasteiger partial charge in [0.1, 0.15) is 12.6 Å². The minimum absolute atomic E-state index is 0.0868. The fourth-order valence-corrected chi connectivity index (χ4v) is 5.45. The SMILES string of the molecule is CCCCNC(=O)C(Cc1ccccc1)N(Cc1cccc(Cl)c1)C(=O)CN(c1ccccc1C)S(C)(=O)=O. The van der Waals surface area contributed by atoms with Gasteiger partial charge in [0, 0.05) is 24.5 Å². The van der Waals surface area contributed by atoms with E-state index in [1.807, 2.05) is 49.4 Å². The van der Waals surface area contributed by atoms with Crippen LogP contribution in [-0.4, -0.2) is 50.5 Å². The first kappa shape index (κ1) is 30.2. The molecule has 7 nitrogen and oxygen atoms in total. The summed E-state index contributed by atoms with van der Waals surface area (Å²) in [6.45, 7) is 3.95. The number of anilines is 1. The third-order valence-electron chi connectivity index (χ3n) is 6.41. The van der Waals surface area contributed by atoms with Crippen molar-refractivity contribution >= 4 is 39.1 Å². The lowest BCUT2D eigenvalue weighted by Crippen LogP contribution is -2.53. The smallest absolute Gasteiger partial charge is 0.244 e. The molecule has 1 atom stereocenters. The van der Waals surface area contributed by atoms with Crippen LogP contribution in [0, 0.1) is 6.92 Å². The van der Waals surface area contributed by atoms with E-state index in [1.54, 1.807) is 43.3 Å². The molecule has 0 radical (unpaired) electrons. The van der Waals surface area contributed by atoms with Crippen molar-refractivity contribution in [3.05, 3.63) is 101 Å². The summed E-state index contributed by atoms with van der Waals surface area (Å²) in [5.74, 6) is -0.778. The van der Waals surface area contributed by atoms with Crippen LogP contribution < -0.4 is 9.62 Å². The molecule has 1 unspecified atom stereocenters. The van der Waals surface area contributed by atoms with Gasteiger partial charge >= 0.3 is 0 Å². The van der Waals surface area contributed by atoms with Crippen LogP contribution in [0.4, 0.5) is 5.69 Å².